The third kappa shape index (κ3) is 7.41. The number of aromatic nitrogens is 3. The lowest BCUT2D eigenvalue weighted by molar-refractivity contribution is -0.147. The molecule has 1 saturated heterocycles. The number of carbonyl (C=O) groups excluding carboxylic acids is 2. The van der Waals surface area contributed by atoms with Crippen LogP contribution >= 0.6 is 0 Å². The van der Waals surface area contributed by atoms with Gasteiger partial charge in [-0.2, -0.15) is 5.10 Å². The number of amides is 1. The number of esters is 1. The van der Waals surface area contributed by atoms with Crippen molar-refractivity contribution in [3.8, 4) is 5.69 Å². The number of rotatable bonds is 11. The molecule has 1 aliphatic rings. The van der Waals surface area contributed by atoms with Crippen molar-refractivity contribution in [2.75, 3.05) is 24.6 Å². The first kappa shape index (κ1) is 29.8. The van der Waals surface area contributed by atoms with Crippen LogP contribution in [0.3, 0.4) is 0 Å². The number of nitrogens with one attached hydrogen (secondary N) is 1. The number of ether oxygens (including phenoxy) is 1. The first-order valence-corrected chi connectivity index (χ1v) is 15.0. The summed E-state index contributed by atoms with van der Waals surface area (Å²) in [6.07, 6.45) is 4.10. The molecule has 224 valence electrons. The molecule has 9 heteroatoms. The molecule has 9 nitrogen and oxygen atoms in total. The van der Waals surface area contributed by atoms with E-state index in [-0.39, 0.29) is 30.2 Å². The number of hydrogen-bond acceptors (Lipinski definition) is 6. The van der Waals surface area contributed by atoms with Crippen LogP contribution in [0.2, 0.25) is 0 Å². The van der Waals surface area contributed by atoms with Gasteiger partial charge in [0.05, 0.1) is 18.3 Å². The minimum Gasteiger partial charge on any atom is -0.464 e. The minimum absolute atomic E-state index is 0.121. The van der Waals surface area contributed by atoms with Gasteiger partial charge in [-0.25, -0.2) is 18.8 Å². The lowest BCUT2D eigenvalue weighted by Gasteiger charge is -2.33. The highest BCUT2D eigenvalue weighted by Crippen LogP contribution is 2.26. The summed E-state index contributed by atoms with van der Waals surface area (Å²) in [5, 5.41) is 7.29. The molecule has 43 heavy (non-hydrogen) atoms. The van der Waals surface area contributed by atoms with Crippen molar-refractivity contribution >= 4 is 17.6 Å². The smallest absolute Gasteiger partial charge is 0.350 e. The van der Waals surface area contributed by atoms with Crippen LogP contribution in [0.15, 0.2) is 96.1 Å². The molecule has 0 saturated carbocycles. The summed E-state index contributed by atoms with van der Waals surface area (Å²) in [7, 11) is 0. The Morgan fingerprint density at radius 2 is 1.56 bits per heavy atom. The Bertz CT molecular complexity index is 1540. The zero-order chi connectivity index (χ0) is 30.2. The van der Waals surface area contributed by atoms with Crippen LogP contribution in [0, 0.1) is 5.92 Å². The molecule has 0 radical (unpaired) electrons. The molecule has 0 spiro atoms. The van der Waals surface area contributed by atoms with Gasteiger partial charge in [0.25, 0.3) is 0 Å². The fraction of sp³-hybridized carbons (Fsp3) is 0.353. The third-order valence-electron chi connectivity index (χ3n) is 8.11. The summed E-state index contributed by atoms with van der Waals surface area (Å²) in [5.74, 6) is -0.284. The van der Waals surface area contributed by atoms with Gasteiger partial charge in [0, 0.05) is 31.6 Å². The average molecular weight is 582 g/mol. The topological polar surface area (TPSA) is 98.5 Å². The molecule has 1 amide bonds. The Labute approximate surface area is 252 Å². The highest BCUT2D eigenvalue weighted by atomic mass is 16.5. The van der Waals surface area contributed by atoms with Crippen molar-refractivity contribution in [3.05, 3.63) is 113 Å². The molecule has 1 aliphatic heterocycles. The fourth-order valence-corrected chi connectivity index (χ4v) is 5.65. The fourth-order valence-electron chi connectivity index (χ4n) is 5.65. The number of carbonyl (C=O) groups is 2. The van der Waals surface area contributed by atoms with E-state index < -0.39 is 12.0 Å². The molecule has 1 aromatic heterocycles. The van der Waals surface area contributed by atoms with E-state index in [0.29, 0.717) is 12.8 Å². The third-order valence-corrected chi connectivity index (χ3v) is 8.11. The molecule has 0 bridgehead atoms. The van der Waals surface area contributed by atoms with Crippen molar-refractivity contribution in [2.24, 2.45) is 5.92 Å². The van der Waals surface area contributed by atoms with Crippen molar-refractivity contribution < 1.29 is 14.3 Å². The van der Waals surface area contributed by atoms with Gasteiger partial charge in [-0.3, -0.25) is 4.79 Å². The quantitative estimate of drug-likeness (QED) is 0.261. The molecule has 4 aromatic rings. The van der Waals surface area contributed by atoms with E-state index in [0.717, 1.165) is 48.4 Å². The van der Waals surface area contributed by atoms with E-state index >= 15 is 0 Å². The van der Waals surface area contributed by atoms with E-state index in [2.05, 4.69) is 15.3 Å². The summed E-state index contributed by atoms with van der Waals surface area (Å²) in [6.45, 7) is 5.66. The molecular formula is C34H39N5O4. The first-order valence-electron chi connectivity index (χ1n) is 15.0. The Morgan fingerprint density at radius 3 is 2.21 bits per heavy atom. The highest BCUT2D eigenvalue weighted by Gasteiger charge is 2.26. The normalized spacial score (nSPS) is 15.1. The van der Waals surface area contributed by atoms with E-state index in [1.165, 1.54) is 4.68 Å². The van der Waals surface area contributed by atoms with Gasteiger partial charge in [-0.1, -0.05) is 60.7 Å². The number of hydrogen-bond donors (Lipinski definition) is 1. The second kappa shape index (κ2) is 14.0. The van der Waals surface area contributed by atoms with E-state index in [1.807, 2.05) is 91.9 Å². The summed E-state index contributed by atoms with van der Waals surface area (Å²) in [6, 6.07) is 26.6. The van der Waals surface area contributed by atoms with Crippen molar-refractivity contribution in [1.82, 2.24) is 19.7 Å². The molecule has 3 aromatic carbocycles. The maximum atomic E-state index is 13.1. The van der Waals surface area contributed by atoms with Gasteiger partial charge in [0.2, 0.25) is 5.91 Å². The van der Waals surface area contributed by atoms with Gasteiger partial charge < -0.3 is 15.0 Å². The van der Waals surface area contributed by atoms with E-state index in [1.54, 1.807) is 17.8 Å². The number of nitrogens with zero attached hydrogens (tertiary/aromatic N) is 4. The van der Waals surface area contributed by atoms with Gasteiger partial charge in [-0.15, -0.1) is 0 Å². The summed E-state index contributed by atoms with van der Waals surface area (Å²) in [5.41, 5.74) is 3.66. The largest absolute Gasteiger partial charge is 0.464 e. The lowest BCUT2D eigenvalue weighted by Crippen LogP contribution is -2.44. The van der Waals surface area contributed by atoms with Crippen LogP contribution in [0.25, 0.3) is 5.69 Å². The van der Waals surface area contributed by atoms with Crippen molar-refractivity contribution in [3.63, 3.8) is 0 Å². The maximum Gasteiger partial charge on any atom is 0.350 e. The monoisotopic (exact) mass is 581 g/mol. The van der Waals surface area contributed by atoms with Crippen LogP contribution in [0.1, 0.15) is 50.3 Å². The Hall–Kier alpha value is -4.66. The highest BCUT2D eigenvalue weighted by molar-refractivity contribution is 5.84. The molecule has 1 unspecified atom stereocenters. The van der Waals surface area contributed by atoms with Crippen LogP contribution in [-0.2, 0) is 20.7 Å². The molecule has 2 heterocycles. The van der Waals surface area contributed by atoms with Crippen molar-refractivity contribution in [2.45, 2.75) is 51.6 Å². The van der Waals surface area contributed by atoms with Crippen LogP contribution in [-0.4, -0.2) is 52.0 Å². The molecule has 5 rings (SSSR count). The van der Waals surface area contributed by atoms with Gasteiger partial charge in [-0.05, 0) is 68.0 Å². The van der Waals surface area contributed by atoms with E-state index in [4.69, 9.17) is 4.74 Å². The molecule has 2 atom stereocenters. The predicted octanol–water partition coefficient (Wildman–Crippen LogP) is 4.54. The average Bonchev–Trinajstić information content (AvgIpc) is 3.42. The van der Waals surface area contributed by atoms with Gasteiger partial charge >= 0.3 is 11.7 Å². The zero-order valence-electron chi connectivity index (χ0n) is 24.8. The Kier molecular flexibility index (Phi) is 9.71. The zero-order valence-corrected chi connectivity index (χ0v) is 24.8. The SMILES string of the molecule is CCOC(=O)[C@@H](Cc1ccccc1)NC(=O)CC1CCN(c2ccc(-n3cnn(C(C)c4ccccc4)c3=O)cc2)CC1. The Morgan fingerprint density at radius 1 is 0.930 bits per heavy atom. The van der Waals surface area contributed by atoms with Gasteiger partial charge in [0.1, 0.15) is 12.4 Å². The van der Waals surface area contributed by atoms with Crippen LogP contribution in [0.5, 0.6) is 0 Å². The first-order chi connectivity index (χ1) is 20.9. The maximum absolute atomic E-state index is 13.1. The lowest BCUT2D eigenvalue weighted by atomic mass is 9.92. The standard InChI is InChI=1S/C34H39N5O4/c1-3-43-33(41)31(22-26-10-6-4-7-11-26)36-32(40)23-27-18-20-37(21-19-27)29-14-16-30(17-15-29)38-24-35-39(34(38)42)25(2)28-12-8-5-9-13-28/h4-17,24-25,27,31H,3,18-23H2,1-2H3,(H,36,40)/t25?,31-/m1/s1. The molecule has 1 fully saturated rings. The molecule has 0 aliphatic carbocycles. The van der Waals surface area contributed by atoms with Crippen LogP contribution in [0.4, 0.5) is 5.69 Å². The Balaban J connectivity index is 1.14. The number of benzene rings is 3. The summed E-state index contributed by atoms with van der Waals surface area (Å²) >= 11 is 0. The minimum atomic E-state index is -0.699. The van der Waals surface area contributed by atoms with Crippen LogP contribution < -0.4 is 15.9 Å². The van der Waals surface area contributed by atoms with Gasteiger partial charge in [0.15, 0.2) is 0 Å². The molecule has 1 N–H and O–H groups in total. The summed E-state index contributed by atoms with van der Waals surface area (Å²) in [4.78, 5) is 40.9. The second-order valence-corrected chi connectivity index (χ2v) is 11.0. The number of anilines is 1. The molecular weight excluding hydrogens is 542 g/mol. The second-order valence-electron chi connectivity index (χ2n) is 11.0. The predicted molar refractivity (Wildman–Crippen MR) is 166 cm³/mol. The number of piperidine rings is 1. The van der Waals surface area contributed by atoms with Crippen molar-refractivity contribution in [1.29, 1.82) is 0 Å². The van der Waals surface area contributed by atoms with E-state index in [9.17, 15) is 14.4 Å². The summed E-state index contributed by atoms with van der Waals surface area (Å²) < 4.78 is 8.29.